The van der Waals surface area contributed by atoms with Crippen LogP contribution in [-0.4, -0.2) is 41.6 Å². The summed E-state index contributed by atoms with van der Waals surface area (Å²) in [5.41, 5.74) is 2.25. The first-order valence-electron chi connectivity index (χ1n) is 9.56. The fourth-order valence-electron chi connectivity index (χ4n) is 3.23. The van der Waals surface area contributed by atoms with E-state index in [1.807, 2.05) is 12.1 Å². The number of aromatic nitrogens is 1. The van der Waals surface area contributed by atoms with Gasteiger partial charge in [0.25, 0.3) is 0 Å². The molecule has 0 bridgehead atoms. The zero-order chi connectivity index (χ0) is 18.9. The van der Waals surface area contributed by atoms with Gasteiger partial charge in [-0.05, 0) is 49.1 Å². The smallest absolute Gasteiger partial charge is 0.330 e. The SMILES string of the molecule is CCOC(=O)/C=C/c1ccc(NC2CCN(Cc3ccccc3)CC2)nc1. The van der Waals surface area contributed by atoms with Crippen LogP contribution in [0.15, 0.2) is 54.7 Å². The summed E-state index contributed by atoms with van der Waals surface area (Å²) in [4.78, 5) is 18.3. The zero-order valence-corrected chi connectivity index (χ0v) is 15.8. The number of hydrogen-bond donors (Lipinski definition) is 1. The van der Waals surface area contributed by atoms with Gasteiger partial charge in [0.1, 0.15) is 5.82 Å². The topological polar surface area (TPSA) is 54.5 Å². The highest BCUT2D eigenvalue weighted by atomic mass is 16.5. The van der Waals surface area contributed by atoms with Gasteiger partial charge in [-0.15, -0.1) is 0 Å². The Morgan fingerprint density at radius 3 is 2.67 bits per heavy atom. The molecule has 0 aliphatic carbocycles. The second-order valence-electron chi connectivity index (χ2n) is 6.74. The zero-order valence-electron chi connectivity index (χ0n) is 15.8. The van der Waals surface area contributed by atoms with Crippen LogP contribution in [0, 0.1) is 0 Å². The number of nitrogens with zero attached hydrogens (tertiary/aromatic N) is 2. The van der Waals surface area contributed by atoms with E-state index in [0.29, 0.717) is 12.6 Å². The molecule has 0 atom stereocenters. The fraction of sp³-hybridized carbons (Fsp3) is 0.364. The lowest BCUT2D eigenvalue weighted by Crippen LogP contribution is -2.38. The van der Waals surface area contributed by atoms with Crippen LogP contribution in [0.3, 0.4) is 0 Å². The van der Waals surface area contributed by atoms with Crippen molar-refractivity contribution in [2.24, 2.45) is 0 Å². The average Bonchev–Trinajstić information content (AvgIpc) is 2.70. The molecule has 1 aliphatic rings. The summed E-state index contributed by atoms with van der Waals surface area (Å²) in [6.07, 6.45) is 7.13. The number of anilines is 1. The van der Waals surface area contributed by atoms with Crippen LogP contribution in [-0.2, 0) is 16.1 Å². The van der Waals surface area contributed by atoms with E-state index in [-0.39, 0.29) is 5.97 Å². The van der Waals surface area contributed by atoms with Crippen molar-refractivity contribution in [1.29, 1.82) is 0 Å². The third-order valence-electron chi connectivity index (χ3n) is 4.67. The van der Waals surface area contributed by atoms with Gasteiger partial charge in [0.05, 0.1) is 6.61 Å². The molecular weight excluding hydrogens is 338 g/mol. The molecule has 0 spiro atoms. The molecule has 0 amide bonds. The summed E-state index contributed by atoms with van der Waals surface area (Å²) in [5, 5.41) is 3.52. The lowest BCUT2D eigenvalue weighted by atomic mass is 10.0. The minimum atomic E-state index is -0.332. The predicted octanol–water partition coefficient (Wildman–Crippen LogP) is 3.73. The second-order valence-corrected chi connectivity index (χ2v) is 6.74. The van der Waals surface area contributed by atoms with Gasteiger partial charge in [0, 0.05) is 37.9 Å². The van der Waals surface area contributed by atoms with Crippen molar-refractivity contribution in [3.8, 4) is 0 Å². The Labute approximate surface area is 161 Å². The maximum atomic E-state index is 11.3. The van der Waals surface area contributed by atoms with Crippen LogP contribution in [0.2, 0.25) is 0 Å². The van der Waals surface area contributed by atoms with Gasteiger partial charge in [-0.25, -0.2) is 9.78 Å². The van der Waals surface area contributed by atoms with Crippen molar-refractivity contribution in [3.63, 3.8) is 0 Å². The molecule has 0 unspecified atom stereocenters. The predicted molar refractivity (Wildman–Crippen MR) is 108 cm³/mol. The molecular formula is C22H27N3O2. The van der Waals surface area contributed by atoms with Crippen molar-refractivity contribution in [1.82, 2.24) is 9.88 Å². The Balaban J connectivity index is 1.44. The molecule has 1 N–H and O–H groups in total. The van der Waals surface area contributed by atoms with Crippen LogP contribution in [0.25, 0.3) is 6.08 Å². The summed E-state index contributed by atoms with van der Waals surface area (Å²) in [7, 11) is 0. The van der Waals surface area contributed by atoms with Crippen LogP contribution < -0.4 is 5.32 Å². The lowest BCUT2D eigenvalue weighted by Gasteiger charge is -2.32. The van der Waals surface area contributed by atoms with Gasteiger partial charge in [0.15, 0.2) is 0 Å². The first kappa shape index (κ1) is 19.1. The van der Waals surface area contributed by atoms with E-state index in [1.165, 1.54) is 11.6 Å². The number of esters is 1. The fourth-order valence-corrected chi connectivity index (χ4v) is 3.23. The third kappa shape index (κ3) is 6.22. The molecule has 1 aromatic heterocycles. The highest BCUT2D eigenvalue weighted by Crippen LogP contribution is 2.17. The summed E-state index contributed by atoms with van der Waals surface area (Å²) in [6.45, 7) is 5.38. The van der Waals surface area contributed by atoms with Crippen LogP contribution in [0.5, 0.6) is 0 Å². The van der Waals surface area contributed by atoms with Crippen LogP contribution in [0.4, 0.5) is 5.82 Å². The van der Waals surface area contributed by atoms with Gasteiger partial charge in [-0.1, -0.05) is 30.3 Å². The molecule has 1 aromatic carbocycles. The minimum absolute atomic E-state index is 0.332. The average molecular weight is 365 g/mol. The largest absolute Gasteiger partial charge is 0.463 e. The van der Waals surface area contributed by atoms with Crippen LogP contribution >= 0.6 is 0 Å². The summed E-state index contributed by atoms with van der Waals surface area (Å²) >= 11 is 0. The summed E-state index contributed by atoms with van der Waals surface area (Å²) < 4.78 is 4.87. The van der Waals surface area contributed by atoms with Gasteiger partial charge >= 0.3 is 5.97 Å². The number of ether oxygens (including phenoxy) is 1. The Morgan fingerprint density at radius 2 is 2.00 bits per heavy atom. The summed E-state index contributed by atoms with van der Waals surface area (Å²) in [6, 6.07) is 15.0. The van der Waals surface area contributed by atoms with Gasteiger partial charge in [-0.3, -0.25) is 4.90 Å². The standard InChI is InChI=1S/C22H27N3O2/c1-2-27-22(26)11-9-18-8-10-21(23-16-18)24-20-12-14-25(15-13-20)17-19-6-4-3-5-7-19/h3-11,16,20H,2,12-15,17H2,1H3,(H,23,24)/b11-9+. The third-order valence-corrected chi connectivity index (χ3v) is 4.67. The number of rotatable bonds is 7. The molecule has 3 rings (SSSR count). The van der Waals surface area contributed by atoms with E-state index in [2.05, 4.69) is 45.5 Å². The Hall–Kier alpha value is -2.66. The number of benzene rings is 1. The molecule has 1 aliphatic heterocycles. The maximum Gasteiger partial charge on any atom is 0.330 e. The molecule has 1 saturated heterocycles. The quantitative estimate of drug-likeness (QED) is 0.598. The first-order chi connectivity index (χ1) is 13.2. The number of carbonyl (C=O) groups is 1. The number of pyridine rings is 1. The molecule has 5 nitrogen and oxygen atoms in total. The normalized spacial score (nSPS) is 15.7. The molecule has 142 valence electrons. The number of piperidine rings is 1. The number of likely N-dealkylation sites (tertiary alicyclic amines) is 1. The highest BCUT2D eigenvalue weighted by Gasteiger charge is 2.19. The van der Waals surface area contributed by atoms with E-state index < -0.39 is 0 Å². The Bertz CT molecular complexity index is 736. The lowest BCUT2D eigenvalue weighted by molar-refractivity contribution is -0.137. The molecule has 5 heteroatoms. The van der Waals surface area contributed by atoms with Crippen molar-refractivity contribution < 1.29 is 9.53 Å². The van der Waals surface area contributed by atoms with Gasteiger partial charge < -0.3 is 10.1 Å². The molecule has 27 heavy (non-hydrogen) atoms. The monoisotopic (exact) mass is 365 g/mol. The number of carbonyl (C=O) groups excluding carboxylic acids is 1. The molecule has 1 fully saturated rings. The van der Waals surface area contributed by atoms with Gasteiger partial charge in [0.2, 0.25) is 0 Å². The van der Waals surface area contributed by atoms with E-state index in [9.17, 15) is 4.79 Å². The van der Waals surface area contributed by atoms with Crippen molar-refractivity contribution in [2.75, 3.05) is 25.0 Å². The van der Waals surface area contributed by atoms with E-state index in [0.717, 1.165) is 43.9 Å². The first-order valence-corrected chi connectivity index (χ1v) is 9.56. The van der Waals surface area contributed by atoms with Crippen molar-refractivity contribution in [2.45, 2.75) is 32.4 Å². The minimum Gasteiger partial charge on any atom is -0.463 e. The van der Waals surface area contributed by atoms with Crippen LogP contribution in [0.1, 0.15) is 30.9 Å². The number of hydrogen-bond acceptors (Lipinski definition) is 5. The molecule has 0 radical (unpaired) electrons. The van der Waals surface area contributed by atoms with Gasteiger partial charge in [-0.2, -0.15) is 0 Å². The Kier molecular flexibility index (Phi) is 6.99. The maximum absolute atomic E-state index is 11.3. The Morgan fingerprint density at radius 1 is 1.22 bits per heavy atom. The van der Waals surface area contributed by atoms with Crippen molar-refractivity contribution >= 4 is 17.9 Å². The molecule has 2 heterocycles. The molecule has 2 aromatic rings. The van der Waals surface area contributed by atoms with E-state index in [1.54, 1.807) is 19.2 Å². The van der Waals surface area contributed by atoms with Crippen molar-refractivity contribution in [3.05, 3.63) is 65.9 Å². The highest BCUT2D eigenvalue weighted by molar-refractivity contribution is 5.86. The van der Waals surface area contributed by atoms with E-state index >= 15 is 0 Å². The molecule has 0 saturated carbocycles. The second kappa shape index (κ2) is 9.88. The number of nitrogens with one attached hydrogen (secondary N) is 1. The van der Waals surface area contributed by atoms with E-state index in [4.69, 9.17) is 4.74 Å². The summed E-state index contributed by atoms with van der Waals surface area (Å²) in [5.74, 6) is 0.548.